The number of hydrogen-bond acceptors (Lipinski definition) is 4. The van der Waals surface area contributed by atoms with Crippen molar-refractivity contribution in [1.29, 1.82) is 0 Å². The monoisotopic (exact) mass is 349 g/mol. The maximum absolute atomic E-state index is 12.2. The maximum Gasteiger partial charge on any atom is 0.274 e. The predicted octanol–water partition coefficient (Wildman–Crippen LogP) is 2.58. The number of pyridine rings is 1. The number of nitrogen functional groups attached to an aromatic ring is 1. The molecule has 0 radical (unpaired) electrons. The standard InChI is InChI=1S/C15H16BrN3O2/c1-19(15(20)14-13(17)3-2-8-18-14)9-10-21-12-6-4-11(16)5-7-12/h2-8H,9-10,17H2,1H3. The number of ether oxygens (including phenoxy) is 1. The van der Waals surface area contributed by atoms with Crippen LogP contribution in [0.4, 0.5) is 5.69 Å². The molecule has 1 aromatic carbocycles. The highest BCUT2D eigenvalue weighted by Gasteiger charge is 2.15. The number of nitrogens with two attached hydrogens (primary N) is 1. The Bertz CT molecular complexity index is 617. The van der Waals surface area contributed by atoms with Crippen LogP contribution in [0.15, 0.2) is 47.1 Å². The molecule has 0 aliphatic rings. The number of carbonyl (C=O) groups excluding carboxylic acids is 1. The van der Waals surface area contributed by atoms with E-state index in [2.05, 4.69) is 20.9 Å². The van der Waals surface area contributed by atoms with E-state index in [-0.39, 0.29) is 11.6 Å². The third-order valence-corrected chi connectivity index (χ3v) is 3.43. The third kappa shape index (κ3) is 4.19. The summed E-state index contributed by atoms with van der Waals surface area (Å²) in [5, 5.41) is 0. The summed E-state index contributed by atoms with van der Waals surface area (Å²) >= 11 is 3.36. The lowest BCUT2D eigenvalue weighted by atomic mass is 10.2. The lowest BCUT2D eigenvalue weighted by molar-refractivity contribution is 0.0769. The van der Waals surface area contributed by atoms with Crippen molar-refractivity contribution in [2.45, 2.75) is 0 Å². The molecule has 2 rings (SSSR count). The van der Waals surface area contributed by atoms with E-state index in [1.807, 2.05) is 24.3 Å². The molecule has 1 amide bonds. The summed E-state index contributed by atoms with van der Waals surface area (Å²) in [5.74, 6) is 0.545. The lowest BCUT2D eigenvalue weighted by Crippen LogP contribution is -2.32. The smallest absolute Gasteiger partial charge is 0.274 e. The molecule has 6 heteroatoms. The van der Waals surface area contributed by atoms with Gasteiger partial charge in [-0.05, 0) is 36.4 Å². The number of nitrogens with zero attached hydrogens (tertiary/aromatic N) is 2. The molecule has 0 bridgehead atoms. The van der Waals surface area contributed by atoms with E-state index in [1.54, 1.807) is 25.4 Å². The zero-order chi connectivity index (χ0) is 15.2. The Labute approximate surface area is 131 Å². The fourth-order valence-corrected chi connectivity index (χ4v) is 1.97. The van der Waals surface area contributed by atoms with Gasteiger partial charge >= 0.3 is 0 Å². The number of carbonyl (C=O) groups is 1. The minimum Gasteiger partial charge on any atom is -0.492 e. The minimum atomic E-state index is -0.215. The number of benzene rings is 1. The van der Waals surface area contributed by atoms with Crippen LogP contribution in [0.25, 0.3) is 0 Å². The van der Waals surface area contributed by atoms with Crippen molar-refractivity contribution in [2.24, 2.45) is 0 Å². The molecule has 2 N–H and O–H groups in total. The van der Waals surface area contributed by atoms with Crippen LogP contribution in [-0.4, -0.2) is 36.0 Å². The quantitative estimate of drug-likeness (QED) is 0.900. The molecule has 0 spiro atoms. The average Bonchev–Trinajstić information content (AvgIpc) is 2.49. The van der Waals surface area contributed by atoms with Gasteiger partial charge in [0.25, 0.3) is 5.91 Å². The molecule has 1 heterocycles. The highest BCUT2D eigenvalue weighted by Crippen LogP contribution is 2.16. The van der Waals surface area contributed by atoms with Gasteiger partial charge in [-0.2, -0.15) is 0 Å². The van der Waals surface area contributed by atoms with Crippen molar-refractivity contribution in [3.8, 4) is 5.75 Å². The summed E-state index contributed by atoms with van der Waals surface area (Å²) in [5.41, 5.74) is 6.39. The van der Waals surface area contributed by atoms with Crippen LogP contribution in [-0.2, 0) is 0 Å². The van der Waals surface area contributed by atoms with E-state index in [4.69, 9.17) is 10.5 Å². The Morgan fingerprint density at radius 3 is 2.71 bits per heavy atom. The molecule has 5 nitrogen and oxygen atoms in total. The summed E-state index contributed by atoms with van der Waals surface area (Å²) in [6.45, 7) is 0.849. The Balaban J connectivity index is 1.87. The van der Waals surface area contributed by atoms with Crippen LogP contribution < -0.4 is 10.5 Å². The molecule has 0 fully saturated rings. The Morgan fingerprint density at radius 1 is 1.33 bits per heavy atom. The van der Waals surface area contributed by atoms with Crippen molar-refractivity contribution < 1.29 is 9.53 Å². The predicted molar refractivity (Wildman–Crippen MR) is 85.2 cm³/mol. The van der Waals surface area contributed by atoms with E-state index in [1.165, 1.54) is 4.90 Å². The van der Waals surface area contributed by atoms with Crippen LogP contribution in [0.1, 0.15) is 10.5 Å². The third-order valence-electron chi connectivity index (χ3n) is 2.90. The zero-order valence-electron chi connectivity index (χ0n) is 11.6. The van der Waals surface area contributed by atoms with Crippen molar-refractivity contribution >= 4 is 27.5 Å². The fraction of sp³-hybridized carbons (Fsp3) is 0.200. The molecule has 110 valence electrons. The topological polar surface area (TPSA) is 68.5 Å². The number of amides is 1. The Hall–Kier alpha value is -2.08. The molecular weight excluding hydrogens is 334 g/mol. The van der Waals surface area contributed by atoms with Gasteiger partial charge in [0.05, 0.1) is 12.2 Å². The SMILES string of the molecule is CN(CCOc1ccc(Br)cc1)C(=O)c1ncccc1N. The highest BCUT2D eigenvalue weighted by molar-refractivity contribution is 9.10. The first-order valence-electron chi connectivity index (χ1n) is 6.42. The van der Waals surface area contributed by atoms with Crippen molar-refractivity contribution in [2.75, 3.05) is 25.9 Å². The van der Waals surface area contributed by atoms with Crippen LogP contribution in [0.5, 0.6) is 5.75 Å². The molecule has 0 aliphatic carbocycles. The van der Waals surface area contributed by atoms with Gasteiger partial charge in [-0.3, -0.25) is 4.79 Å². The molecule has 0 saturated heterocycles. The first kappa shape index (κ1) is 15.3. The maximum atomic E-state index is 12.2. The van der Waals surface area contributed by atoms with Crippen molar-refractivity contribution in [1.82, 2.24) is 9.88 Å². The summed E-state index contributed by atoms with van der Waals surface area (Å²) in [6.07, 6.45) is 1.55. The number of aromatic nitrogens is 1. The molecule has 0 atom stereocenters. The van der Waals surface area contributed by atoms with Gasteiger partial charge in [0.1, 0.15) is 12.4 Å². The molecule has 0 saturated carbocycles. The first-order valence-corrected chi connectivity index (χ1v) is 7.21. The molecule has 0 unspecified atom stereocenters. The van der Waals surface area contributed by atoms with Crippen molar-refractivity contribution in [3.05, 3.63) is 52.8 Å². The molecule has 21 heavy (non-hydrogen) atoms. The molecular formula is C15H16BrN3O2. The van der Waals surface area contributed by atoms with Gasteiger partial charge in [-0.15, -0.1) is 0 Å². The van der Waals surface area contributed by atoms with Crippen LogP contribution >= 0.6 is 15.9 Å². The van der Waals surface area contributed by atoms with E-state index in [0.717, 1.165) is 10.2 Å². The molecule has 0 aliphatic heterocycles. The lowest BCUT2D eigenvalue weighted by Gasteiger charge is -2.17. The summed E-state index contributed by atoms with van der Waals surface area (Å²) in [7, 11) is 1.70. The second-order valence-electron chi connectivity index (χ2n) is 4.47. The summed E-state index contributed by atoms with van der Waals surface area (Å²) < 4.78 is 6.57. The molecule has 2 aromatic rings. The fourth-order valence-electron chi connectivity index (χ4n) is 1.71. The number of rotatable bonds is 5. The van der Waals surface area contributed by atoms with Gasteiger partial charge in [-0.1, -0.05) is 15.9 Å². The van der Waals surface area contributed by atoms with Crippen LogP contribution in [0.3, 0.4) is 0 Å². The normalized spacial score (nSPS) is 10.2. The van der Waals surface area contributed by atoms with Gasteiger partial charge in [0, 0.05) is 17.7 Å². The van der Waals surface area contributed by atoms with E-state index < -0.39 is 0 Å². The van der Waals surface area contributed by atoms with E-state index in [9.17, 15) is 4.79 Å². The minimum absolute atomic E-state index is 0.215. The average molecular weight is 350 g/mol. The summed E-state index contributed by atoms with van der Waals surface area (Å²) in [4.78, 5) is 17.7. The highest BCUT2D eigenvalue weighted by atomic mass is 79.9. The Kier molecular flexibility index (Phi) is 5.16. The second-order valence-corrected chi connectivity index (χ2v) is 5.39. The van der Waals surface area contributed by atoms with E-state index >= 15 is 0 Å². The summed E-state index contributed by atoms with van der Waals surface area (Å²) in [6, 6.07) is 10.9. The largest absolute Gasteiger partial charge is 0.492 e. The van der Waals surface area contributed by atoms with Gasteiger partial charge in [0.15, 0.2) is 5.69 Å². The molecule has 1 aromatic heterocycles. The van der Waals surface area contributed by atoms with Gasteiger partial charge in [-0.25, -0.2) is 4.98 Å². The number of halogens is 1. The van der Waals surface area contributed by atoms with Crippen LogP contribution in [0.2, 0.25) is 0 Å². The number of anilines is 1. The van der Waals surface area contributed by atoms with Crippen LogP contribution in [0, 0.1) is 0 Å². The number of hydrogen-bond donors (Lipinski definition) is 1. The zero-order valence-corrected chi connectivity index (χ0v) is 13.2. The second kappa shape index (κ2) is 7.08. The number of likely N-dealkylation sites (N-methyl/N-ethyl adjacent to an activating group) is 1. The van der Waals surface area contributed by atoms with Gasteiger partial charge in [0.2, 0.25) is 0 Å². The van der Waals surface area contributed by atoms with E-state index in [0.29, 0.717) is 18.8 Å². The van der Waals surface area contributed by atoms with Gasteiger partial charge < -0.3 is 15.4 Å². The first-order chi connectivity index (χ1) is 10.1. The Morgan fingerprint density at radius 2 is 2.05 bits per heavy atom. The van der Waals surface area contributed by atoms with Crippen molar-refractivity contribution in [3.63, 3.8) is 0 Å².